The molecule has 0 saturated carbocycles. The van der Waals surface area contributed by atoms with Crippen molar-refractivity contribution in [3.63, 3.8) is 0 Å². The summed E-state index contributed by atoms with van der Waals surface area (Å²) in [5, 5.41) is 18.0. The van der Waals surface area contributed by atoms with Gasteiger partial charge in [-0.15, -0.1) is 0 Å². The Morgan fingerprint density at radius 1 is 1.63 bits per heavy atom. The molecular formula is C13H13FN2O2S. The number of halogens is 1. The number of thioether (sulfide) groups is 1. The van der Waals surface area contributed by atoms with Gasteiger partial charge >= 0.3 is 5.97 Å². The standard InChI is InChI=1S/C13H13FN2O2S/c14-10-1-2-12(9(5-10)7-15)16-3-4-19-8-11(16)6-13(17)18/h1-2,5,11H,3-4,6,8H2,(H,17,18). The van der Waals surface area contributed by atoms with Crippen molar-refractivity contribution in [3.05, 3.63) is 29.6 Å². The van der Waals surface area contributed by atoms with Gasteiger partial charge in [-0.1, -0.05) is 0 Å². The first-order chi connectivity index (χ1) is 9.11. The molecule has 1 aromatic rings. The van der Waals surface area contributed by atoms with E-state index in [0.717, 1.165) is 5.75 Å². The van der Waals surface area contributed by atoms with Crippen LogP contribution in [-0.2, 0) is 4.79 Å². The highest BCUT2D eigenvalue weighted by Gasteiger charge is 2.26. The van der Waals surface area contributed by atoms with Gasteiger partial charge < -0.3 is 10.0 Å². The lowest BCUT2D eigenvalue weighted by atomic mass is 10.1. The SMILES string of the molecule is N#Cc1cc(F)ccc1N1CCSCC1CC(=O)O. The zero-order valence-corrected chi connectivity index (χ0v) is 11.0. The minimum Gasteiger partial charge on any atom is -0.481 e. The molecule has 1 fully saturated rings. The van der Waals surface area contributed by atoms with Crippen LogP contribution in [0, 0.1) is 17.1 Å². The molecule has 6 heteroatoms. The Morgan fingerprint density at radius 3 is 3.11 bits per heavy atom. The van der Waals surface area contributed by atoms with E-state index in [4.69, 9.17) is 10.4 Å². The zero-order valence-electron chi connectivity index (χ0n) is 10.2. The molecule has 1 atom stereocenters. The lowest BCUT2D eigenvalue weighted by molar-refractivity contribution is -0.137. The van der Waals surface area contributed by atoms with E-state index in [2.05, 4.69) is 0 Å². The summed E-state index contributed by atoms with van der Waals surface area (Å²) in [5.41, 5.74) is 0.873. The average molecular weight is 280 g/mol. The quantitative estimate of drug-likeness (QED) is 0.918. The molecule has 1 aliphatic rings. The Hall–Kier alpha value is -1.74. The van der Waals surface area contributed by atoms with Crippen LogP contribution < -0.4 is 4.90 Å². The number of benzene rings is 1. The van der Waals surface area contributed by atoms with Gasteiger partial charge in [-0.3, -0.25) is 4.79 Å². The van der Waals surface area contributed by atoms with Crippen molar-refractivity contribution >= 4 is 23.4 Å². The number of carboxylic acids is 1. The first kappa shape index (κ1) is 13.7. The number of rotatable bonds is 3. The maximum absolute atomic E-state index is 13.1. The number of carbonyl (C=O) groups is 1. The molecule has 2 rings (SSSR count). The fourth-order valence-corrected chi connectivity index (χ4v) is 3.25. The molecular weight excluding hydrogens is 267 g/mol. The van der Waals surface area contributed by atoms with Gasteiger partial charge in [0.25, 0.3) is 0 Å². The van der Waals surface area contributed by atoms with E-state index in [-0.39, 0.29) is 18.0 Å². The second-order valence-corrected chi connectivity index (χ2v) is 5.44. The Morgan fingerprint density at radius 2 is 2.42 bits per heavy atom. The average Bonchev–Trinajstić information content (AvgIpc) is 2.39. The van der Waals surface area contributed by atoms with Crippen molar-refractivity contribution in [2.24, 2.45) is 0 Å². The predicted molar refractivity (Wildman–Crippen MR) is 71.8 cm³/mol. The highest BCUT2D eigenvalue weighted by Crippen LogP contribution is 2.29. The highest BCUT2D eigenvalue weighted by molar-refractivity contribution is 7.99. The summed E-state index contributed by atoms with van der Waals surface area (Å²) in [4.78, 5) is 12.8. The van der Waals surface area contributed by atoms with Crippen molar-refractivity contribution in [2.75, 3.05) is 23.0 Å². The van der Waals surface area contributed by atoms with E-state index in [1.165, 1.54) is 12.1 Å². The third-order valence-electron chi connectivity index (χ3n) is 3.03. The highest BCUT2D eigenvalue weighted by atomic mass is 32.2. The van der Waals surface area contributed by atoms with Gasteiger partial charge in [0.2, 0.25) is 0 Å². The molecule has 0 amide bonds. The summed E-state index contributed by atoms with van der Waals surface area (Å²) in [7, 11) is 0. The van der Waals surface area contributed by atoms with Gasteiger partial charge in [0.1, 0.15) is 11.9 Å². The Bertz CT molecular complexity index is 530. The first-order valence-corrected chi connectivity index (χ1v) is 7.03. The van der Waals surface area contributed by atoms with Crippen molar-refractivity contribution in [3.8, 4) is 6.07 Å². The van der Waals surface area contributed by atoms with Crippen LogP contribution in [0.5, 0.6) is 0 Å². The number of nitrogens with zero attached hydrogens (tertiary/aromatic N) is 2. The molecule has 0 spiro atoms. The third-order valence-corrected chi connectivity index (χ3v) is 4.12. The monoisotopic (exact) mass is 280 g/mol. The van der Waals surface area contributed by atoms with Crippen molar-refractivity contribution < 1.29 is 14.3 Å². The number of nitriles is 1. The molecule has 1 unspecified atom stereocenters. The Labute approximate surface area is 114 Å². The molecule has 4 nitrogen and oxygen atoms in total. The minimum atomic E-state index is -0.863. The number of aliphatic carboxylic acids is 1. The number of carboxylic acid groups (broad SMARTS) is 1. The maximum atomic E-state index is 13.1. The van der Waals surface area contributed by atoms with Gasteiger partial charge in [0.05, 0.1) is 17.7 Å². The fraction of sp³-hybridized carbons (Fsp3) is 0.385. The van der Waals surface area contributed by atoms with Gasteiger partial charge in [0.15, 0.2) is 0 Å². The lowest BCUT2D eigenvalue weighted by Gasteiger charge is -2.37. The summed E-state index contributed by atoms with van der Waals surface area (Å²) in [6.45, 7) is 0.670. The molecule has 0 radical (unpaired) electrons. The molecule has 1 heterocycles. The van der Waals surface area contributed by atoms with Gasteiger partial charge in [-0.05, 0) is 18.2 Å². The smallest absolute Gasteiger partial charge is 0.305 e. The third kappa shape index (κ3) is 3.18. The first-order valence-electron chi connectivity index (χ1n) is 5.87. The van der Waals surface area contributed by atoms with Crippen LogP contribution in [0.1, 0.15) is 12.0 Å². The molecule has 0 bridgehead atoms. The van der Waals surface area contributed by atoms with Crippen LogP contribution >= 0.6 is 11.8 Å². The normalized spacial score (nSPS) is 18.9. The molecule has 1 N–H and O–H groups in total. The molecule has 1 saturated heterocycles. The van der Waals surface area contributed by atoms with E-state index in [1.54, 1.807) is 17.8 Å². The van der Waals surface area contributed by atoms with Gasteiger partial charge in [-0.25, -0.2) is 4.39 Å². The van der Waals surface area contributed by atoms with Crippen molar-refractivity contribution in [1.29, 1.82) is 5.26 Å². The maximum Gasteiger partial charge on any atom is 0.305 e. The largest absolute Gasteiger partial charge is 0.481 e. The molecule has 1 aromatic carbocycles. The summed E-state index contributed by atoms with van der Waals surface area (Å²) >= 11 is 1.70. The van der Waals surface area contributed by atoms with Gasteiger partial charge in [0, 0.05) is 24.1 Å². The summed E-state index contributed by atoms with van der Waals surface area (Å²) in [6.07, 6.45) is 0.0231. The predicted octanol–water partition coefficient (Wildman–Crippen LogP) is 2.09. The van der Waals surface area contributed by atoms with Crippen LogP contribution in [0.4, 0.5) is 10.1 Å². The van der Waals surface area contributed by atoms with E-state index >= 15 is 0 Å². The van der Waals surface area contributed by atoms with Crippen LogP contribution in [0.15, 0.2) is 18.2 Å². The van der Waals surface area contributed by atoms with Gasteiger partial charge in [-0.2, -0.15) is 17.0 Å². The minimum absolute atomic E-state index is 0.0231. The molecule has 1 aliphatic heterocycles. The molecule has 19 heavy (non-hydrogen) atoms. The molecule has 100 valence electrons. The van der Waals surface area contributed by atoms with E-state index in [0.29, 0.717) is 18.0 Å². The summed E-state index contributed by atoms with van der Waals surface area (Å²) < 4.78 is 13.1. The van der Waals surface area contributed by atoms with Crippen LogP contribution in [0.2, 0.25) is 0 Å². The summed E-state index contributed by atoms with van der Waals surface area (Å²) in [6, 6.07) is 5.86. The molecule has 0 aliphatic carbocycles. The topological polar surface area (TPSA) is 64.3 Å². The second kappa shape index (κ2) is 5.93. The van der Waals surface area contributed by atoms with E-state index in [9.17, 15) is 9.18 Å². The number of hydrogen-bond acceptors (Lipinski definition) is 4. The van der Waals surface area contributed by atoms with Crippen LogP contribution in [0.25, 0.3) is 0 Å². The fourth-order valence-electron chi connectivity index (χ4n) is 2.19. The Kier molecular flexibility index (Phi) is 4.27. The summed E-state index contributed by atoms with van der Waals surface area (Å²) in [5.74, 6) is 0.256. The number of hydrogen-bond donors (Lipinski definition) is 1. The van der Waals surface area contributed by atoms with Crippen molar-refractivity contribution in [1.82, 2.24) is 0 Å². The van der Waals surface area contributed by atoms with Crippen LogP contribution in [0.3, 0.4) is 0 Å². The van der Waals surface area contributed by atoms with E-state index in [1.807, 2.05) is 11.0 Å². The lowest BCUT2D eigenvalue weighted by Crippen LogP contribution is -2.44. The zero-order chi connectivity index (χ0) is 13.8. The molecule has 0 aromatic heterocycles. The second-order valence-electron chi connectivity index (χ2n) is 4.29. The van der Waals surface area contributed by atoms with E-state index < -0.39 is 11.8 Å². The van der Waals surface area contributed by atoms with Crippen LogP contribution in [-0.4, -0.2) is 35.2 Å². The Balaban J connectivity index is 2.32. The van der Waals surface area contributed by atoms with Crippen molar-refractivity contribution in [2.45, 2.75) is 12.5 Å². The number of anilines is 1.